The number of piperidine rings is 1. The van der Waals surface area contributed by atoms with Crippen molar-refractivity contribution in [3.8, 4) is 5.75 Å². The first kappa shape index (κ1) is 17.6. The smallest absolute Gasteiger partial charge is 0.410 e. The lowest BCUT2D eigenvalue weighted by Gasteiger charge is -2.39. The molecule has 0 radical (unpaired) electrons. The molecule has 1 saturated heterocycles. The highest BCUT2D eigenvalue weighted by Gasteiger charge is 2.35. The average Bonchev–Trinajstić information content (AvgIpc) is 2.52. The molecule has 0 saturated carbocycles. The molecule has 5 nitrogen and oxygen atoms in total. The summed E-state index contributed by atoms with van der Waals surface area (Å²) in [5, 5.41) is 10.8. The van der Waals surface area contributed by atoms with Crippen LogP contribution in [-0.2, 0) is 4.74 Å². The number of nitrogens with zero attached hydrogens (tertiary/aromatic N) is 1. The van der Waals surface area contributed by atoms with E-state index in [1.165, 1.54) is 0 Å². The maximum Gasteiger partial charge on any atom is 0.410 e. The van der Waals surface area contributed by atoms with E-state index in [9.17, 15) is 9.90 Å². The Morgan fingerprint density at radius 1 is 1.35 bits per heavy atom. The van der Waals surface area contributed by atoms with Crippen LogP contribution in [0.3, 0.4) is 0 Å². The number of likely N-dealkylation sites (tertiary alicyclic amines) is 1. The number of hydrogen-bond acceptors (Lipinski definition) is 4. The molecule has 0 aliphatic carbocycles. The lowest BCUT2D eigenvalue weighted by atomic mass is 9.93. The van der Waals surface area contributed by atoms with Crippen LogP contribution in [0.5, 0.6) is 5.75 Å². The van der Waals surface area contributed by atoms with E-state index >= 15 is 0 Å². The predicted octanol–water partition coefficient (Wildman–Crippen LogP) is 3.52. The van der Waals surface area contributed by atoms with Gasteiger partial charge in [-0.15, -0.1) is 0 Å². The van der Waals surface area contributed by atoms with Crippen LogP contribution in [0.15, 0.2) is 24.3 Å². The lowest BCUT2D eigenvalue weighted by Crippen LogP contribution is -2.48. The zero-order valence-corrected chi connectivity index (χ0v) is 14.4. The van der Waals surface area contributed by atoms with Crippen LogP contribution >= 0.6 is 0 Å². The topological polar surface area (TPSA) is 59.0 Å². The molecule has 23 heavy (non-hydrogen) atoms. The molecule has 0 bridgehead atoms. The van der Waals surface area contributed by atoms with Gasteiger partial charge in [0, 0.05) is 6.54 Å². The van der Waals surface area contributed by atoms with Crippen LogP contribution in [0.1, 0.15) is 51.7 Å². The first-order chi connectivity index (χ1) is 10.8. The summed E-state index contributed by atoms with van der Waals surface area (Å²) < 4.78 is 10.7. The second kappa shape index (κ2) is 7.21. The van der Waals surface area contributed by atoms with Gasteiger partial charge in [0.25, 0.3) is 0 Å². The van der Waals surface area contributed by atoms with Crippen molar-refractivity contribution in [3.05, 3.63) is 29.8 Å². The van der Waals surface area contributed by atoms with Crippen molar-refractivity contribution in [1.82, 2.24) is 4.90 Å². The molecule has 5 heteroatoms. The van der Waals surface area contributed by atoms with Gasteiger partial charge in [-0.25, -0.2) is 4.79 Å². The van der Waals surface area contributed by atoms with Crippen LogP contribution in [0, 0.1) is 0 Å². The molecule has 128 valence electrons. The summed E-state index contributed by atoms with van der Waals surface area (Å²) in [6, 6.07) is 7.08. The second-order valence-corrected chi connectivity index (χ2v) is 6.96. The van der Waals surface area contributed by atoms with Crippen molar-refractivity contribution >= 4 is 6.09 Å². The molecule has 1 aromatic rings. The Morgan fingerprint density at radius 2 is 2.09 bits per heavy atom. The van der Waals surface area contributed by atoms with Crippen molar-refractivity contribution in [1.29, 1.82) is 0 Å². The van der Waals surface area contributed by atoms with Crippen molar-refractivity contribution in [3.63, 3.8) is 0 Å². The minimum Gasteiger partial charge on any atom is -0.497 e. The third-order valence-electron chi connectivity index (χ3n) is 3.98. The number of hydrogen-bond donors (Lipinski definition) is 1. The SMILES string of the molecule is COc1cccc(C(O)C2CCCCN2C(=O)OC(C)(C)C)c1. The number of amides is 1. The molecule has 1 amide bonds. The standard InChI is InChI=1S/C18H27NO4/c1-18(2,3)23-17(21)19-11-6-5-10-15(19)16(20)13-8-7-9-14(12-13)22-4/h7-9,12,15-16,20H,5-6,10-11H2,1-4H3. The van der Waals surface area contributed by atoms with E-state index in [1.54, 1.807) is 12.0 Å². The Morgan fingerprint density at radius 3 is 2.74 bits per heavy atom. The minimum atomic E-state index is -0.752. The van der Waals surface area contributed by atoms with E-state index in [2.05, 4.69) is 0 Å². The zero-order valence-electron chi connectivity index (χ0n) is 14.4. The Balaban J connectivity index is 2.18. The Bertz CT molecular complexity index is 538. The fourth-order valence-corrected chi connectivity index (χ4v) is 2.88. The van der Waals surface area contributed by atoms with Crippen LogP contribution in [-0.4, -0.2) is 41.4 Å². The van der Waals surface area contributed by atoms with Crippen LogP contribution in [0.4, 0.5) is 4.79 Å². The highest BCUT2D eigenvalue weighted by Crippen LogP contribution is 2.31. The van der Waals surface area contributed by atoms with Gasteiger partial charge in [0.2, 0.25) is 0 Å². The molecule has 1 N–H and O–H groups in total. The summed E-state index contributed by atoms with van der Waals surface area (Å²) in [6.45, 7) is 6.16. The van der Waals surface area contributed by atoms with Gasteiger partial charge in [-0.2, -0.15) is 0 Å². The summed E-state index contributed by atoms with van der Waals surface area (Å²) in [6.07, 6.45) is 1.57. The maximum atomic E-state index is 12.5. The van der Waals surface area contributed by atoms with E-state index < -0.39 is 11.7 Å². The van der Waals surface area contributed by atoms with E-state index in [4.69, 9.17) is 9.47 Å². The van der Waals surface area contributed by atoms with Crippen LogP contribution < -0.4 is 4.74 Å². The molecule has 1 aliphatic rings. The van der Waals surface area contributed by atoms with Gasteiger partial charge in [0.1, 0.15) is 11.4 Å². The first-order valence-corrected chi connectivity index (χ1v) is 8.13. The molecule has 1 aromatic carbocycles. The Labute approximate surface area is 138 Å². The van der Waals surface area contributed by atoms with Gasteiger partial charge >= 0.3 is 6.09 Å². The predicted molar refractivity (Wildman–Crippen MR) is 88.5 cm³/mol. The first-order valence-electron chi connectivity index (χ1n) is 8.13. The highest BCUT2D eigenvalue weighted by molar-refractivity contribution is 5.68. The van der Waals surface area contributed by atoms with Crippen molar-refractivity contribution in [2.45, 2.75) is 57.8 Å². The molecular formula is C18H27NO4. The largest absolute Gasteiger partial charge is 0.497 e. The monoisotopic (exact) mass is 321 g/mol. The second-order valence-electron chi connectivity index (χ2n) is 6.96. The fourth-order valence-electron chi connectivity index (χ4n) is 2.88. The number of benzene rings is 1. The molecule has 1 aliphatic heterocycles. The normalized spacial score (nSPS) is 20.0. The summed E-state index contributed by atoms with van der Waals surface area (Å²) >= 11 is 0. The van der Waals surface area contributed by atoms with Crippen molar-refractivity contribution in [2.75, 3.05) is 13.7 Å². The summed E-state index contributed by atoms with van der Waals surface area (Å²) in [7, 11) is 1.60. The number of rotatable bonds is 3. The van der Waals surface area contributed by atoms with E-state index in [-0.39, 0.29) is 12.1 Å². The zero-order chi connectivity index (χ0) is 17.0. The minimum absolute atomic E-state index is 0.272. The van der Waals surface area contributed by atoms with Gasteiger partial charge < -0.3 is 19.5 Å². The van der Waals surface area contributed by atoms with E-state index in [1.807, 2.05) is 45.0 Å². The number of aliphatic hydroxyl groups excluding tert-OH is 1. The van der Waals surface area contributed by atoms with Gasteiger partial charge in [0.15, 0.2) is 0 Å². The number of ether oxygens (including phenoxy) is 2. The third-order valence-corrected chi connectivity index (χ3v) is 3.98. The van der Waals surface area contributed by atoms with E-state index in [0.717, 1.165) is 24.8 Å². The number of methoxy groups -OCH3 is 1. The molecule has 2 atom stereocenters. The molecule has 1 fully saturated rings. The summed E-state index contributed by atoms with van der Waals surface area (Å²) in [4.78, 5) is 14.1. The van der Waals surface area contributed by atoms with Gasteiger partial charge in [-0.05, 0) is 57.7 Å². The Hall–Kier alpha value is -1.75. The maximum absolute atomic E-state index is 12.5. The average molecular weight is 321 g/mol. The summed E-state index contributed by atoms with van der Waals surface area (Å²) in [5.74, 6) is 0.696. The molecule has 1 heterocycles. The molecule has 0 aromatic heterocycles. The van der Waals surface area contributed by atoms with Gasteiger partial charge in [0.05, 0.1) is 19.3 Å². The quantitative estimate of drug-likeness (QED) is 0.925. The number of carbonyl (C=O) groups excluding carboxylic acids is 1. The third kappa shape index (κ3) is 4.61. The summed E-state index contributed by atoms with van der Waals surface area (Å²) in [5.41, 5.74) is 0.213. The molecular weight excluding hydrogens is 294 g/mol. The fraction of sp³-hybridized carbons (Fsp3) is 0.611. The van der Waals surface area contributed by atoms with E-state index in [0.29, 0.717) is 12.3 Å². The van der Waals surface area contributed by atoms with Crippen molar-refractivity contribution < 1.29 is 19.4 Å². The lowest BCUT2D eigenvalue weighted by molar-refractivity contribution is -0.0169. The van der Waals surface area contributed by atoms with Crippen LogP contribution in [0.25, 0.3) is 0 Å². The van der Waals surface area contributed by atoms with Gasteiger partial charge in [-0.3, -0.25) is 0 Å². The number of aliphatic hydroxyl groups is 1. The molecule has 2 unspecified atom stereocenters. The Kier molecular flexibility index (Phi) is 5.52. The number of carbonyl (C=O) groups is 1. The van der Waals surface area contributed by atoms with Crippen LogP contribution in [0.2, 0.25) is 0 Å². The van der Waals surface area contributed by atoms with Gasteiger partial charge in [-0.1, -0.05) is 12.1 Å². The molecule has 0 spiro atoms. The highest BCUT2D eigenvalue weighted by atomic mass is 16.6. The molecule has 2 rings (SSSR count). The van der Waals surface area contributed by atoms with Crippen molar-refractivity contribution in [2.24, 2.45) is 0 Å².